The Labute approximate surface area is 140 Å². The van der Waals surface area contributed by atoms with Crippen molar-refractivity contribution in [1.29, 1.82) is 0 Å². The second-order valence-electron chi connectivity index (χ2n) is 5.54. The first-order chi connectivity index (χ1) is 11.1. The number of rotatable bonds is 3. The summed E-state index contributed by atoms with van der Waals surface area (Å²) >= 11 is 1.59. The van der Waals surface area contributed by atoms with Crippen LogP contribution in [0, 0.1) is 0 Å². The van der Waals surface area contributed by atoms with Crippen LogP contribution in [0.3, 0.4) is 0 Å². The molecule has 23 heavy (non-hydrogen) atoms. The zero-order chi connectivity index (χ0) is 16.4. The van der Waals surface area contributed by atoms with Crippen molar-refractivity contribution in [1.82, 2.24) is 0 Å². The molecule has 1 unspecified atom stereocenters. The van der Waals surface area contributed by atoms with Gasteiger partial charge in [-0.3, -0.25) is 9.59 Å². The van der Waals surface area contributed by atoms with Gasteiger partial charge in [0.15, 0.2) is 5.78 Å². The van der Waals surface area contributed by atoms with Gasteiger partial charge in [0.25, 0.3) is 0 Å². The maximum Gasteiger partial charge on any atom is 0.313 e. The molecule has 0 aromatic heterocycles. The van der Waals surface area contributed by atoms with Crippen LogP contribution in [0.4, 0.5) is 0 Å². The van der Waals surface area contributed by atoms with E-state index in [2.05, 4.69) is 0 Å². The first-order valence-corrected chi connectivity index (χ1v) is 8.51. The van der Waals surface area contributed by atoms with Crippen molar-refractivity contribution in [3.05, 3.63) is 59.2 Å². The van der Waals surface area contributed by atoms with Crippen LogP contribution in [0.5, 0.6) is 0 Å². The van der Waals surface area contributed by atoms with Crippen molar-refractivity contribution in [2.75, 3.05) is 6.61 Å². The molecular weight excluding hydrogens is 308 g/mol. The molecule has 1 heterocycles. The first-order valence-electron chi connectivity index (χ1n) is 7.69. The van der Waals surface area contributed by atoms with Crippen molar-refractivity contribution in [3.63, 3.8) is 0 Å². The molecule has 0 radical (unpaired) electrons. The van der Waals surface area contributed by atoms with E-state index in [0.717, 1.165) is 26.5 Å². The monoisotopic (exact) mass is 326 g/mol. The van der Waals surface area contributed by atoms with Gasteiger partial charge in [-0.1, -0.05) is 36.0 Å². The zero-order valence-electron chi connectivity index (χ0n) is 13.2. The van der Waals surface area contributed by atoms with Crippen LogP contribution < -0.4 is 0 Å². The summed E-state index contributed by atoms with van der Waals surface area (Å²) < 4.78 is 5.09. The molecule has 3 nitrogen and oxygen atoms in total. The lowest BCUT2D eigenvalue weighted by molar-refractivity contribution is -0.144. The molecule has 2 aromatic rings. The summed E-state index contributed by atoms with van der Waals surface area (Å²) in [5.74, 6) is -0.458. The number of carbonyl (C=O) groups excluding carboxylic acids is 2. The molecule has 1 aliphatic rings. The topological polar surface area (TPSA) is 43.4 Å². The number of fused-ring (bicyclic) bond motifs is 2. The Kier molecular flexibility index (Phi) is 4.53. The Balaban J connectivity index is 1.98. The van der Waals surface area contributed by atoms with Gasteiger partial charge in [0.05, 0.1) is 12.5 Å². The molecule has 0 bridgehead atoms. The molecular formula is C19H18O3S. The molecule has 0 fully saturated rings. The lowest BCUT2D eigenvalue weighted by Gasteiger charge is -2.13. The van der Waals surface area contributed by atoms with Gasteiger partial charge in [-0.15, -0.1) is 0 Å². The van der Waals surface area contributed by atoms with Gasteiger partial charge in [0.1, 0.15) is 0 Å². The van der Waals surface area contributed by atoms with Gasteiger partial charge >= 0.3 is 5.97 Å². The van der Waals surface area contributed by atoms with Crippen LogP contribution in [0.25, 0.3) is 0 Å². The fraction of sp³-hybridized carbons (Fsp3) is 0.263. The van der Waals surface area contributed by atoms with E-state index in [1.54, 1.807) is 18.7 Å². The normalized spacial score (nSPS) is 14.4. The Bertz CT molecular complexity index is 767. The molecule has 0 spiro atoms. The molecule has 118 valence electrons. The van der Waals surface area contributed by atoms with Gasteiger partial charge in [-0.25, -0.2) is 0 Å². The molecule has 4 heteroatoms. The summed E-state index contributed by atoms with van der Waals surface area (Å²) in [5, 5.41) is 0. The minimum Gasteiger partial charge on any atom is -0.466 e. The lowest BCUT2D eigenvalue weighted by atomic mass is 9.97. The molecule has 2 aromatic carbocycles. The maximum atomic E-state index is 12.5. The summed E-state index contributed by atoms with van der Waals surface area (Å²) in [6, 6.07) is 13.6. The summed E-state index contributed by atoms with van der Waals surface area (Å²) in [7, 11) is 0. The summed E-state index contributed by atoms with van der Waals surface area (Å²) in [4.78, 5) is 26.4. The van der Waals surface area contributed by atoms with Crippen LogP contribution in [0.2, 0.25) is 0 Å². The van der Waals surface area contributed by atoms with Crippen molar-refractivity contribution >= 4 is 23.5 Å². The number of ketones is 1. The summed E-state index contributed by atoms with van der Waals surface area (Å²) in [5.41, 5.74) is 2.66. The van der Waals surface area contributed by atoms with E-state index in [4.69, 9.17) is 4.74 Å². The van der Waals surface area contributed by atoms with Crippen LogP contribution in [0.1, 0.15) is 41.3 Å². The van der Waals surface area contributed by atoms with Crippen LogP contribution in [-0.4, -0.2) is 18.4 Å². The Morgan fingerprint density at radius 2 is 2.00 bits per heavy atom. The largest absolute Gasteiger partial charge is 0.466 e. The van der Waals surface area contributed by atoms with Gasteiger partial charge < -0.3 is 4.74 Å². The predicted octanol–water partition coefficient (Wildman–Crippen LogP) is 4.24. The molecule has 3 rings (SSSR count). The zero-order valence-corrected chi connectivity index (χ0v) is 14.0. The smallest absolute Gasteiger partial charge is 0.313 e. The molecule has 0 N–H and O–H groups in total. The second kappa shape index (κ2) is 6.59. The number of hydrogen-bond donors (Lipinski definition) is 0. The van der Waals surface area contributed by atoms with Crippen LogP contribution in [-0.2, 0) is 16.0 Å². The number of Topliss-reactive ketones (excluding diaryl/α,β-unsaturated/α-hetero) is 1. The summed E-state index contributed by atoms with van der Waals surface area (Å²) in [6.45, 7) is 4.00. The van der Waals surface area contributed by atoms with Gasteiger partial charge in [0, 0.05) is 21.8 Å². The third-order valence-corrected chi connectivity index (χ3v) is 5.17. The minimum absolute atomic E-state index is 0.118. The van der Waals surface area contributed by atoms with E-state index >= 15 is 0 Å². The van der Waals surface area contributed by atoms with E-state index in [-0.39, 0.29) is 17.7 Å². The quantitative estimate of drug-likeness (QED) is 0.791. The average molecular weight is 326 g/mol. The Morgan fingerprint density at radius 3 is 2.78 bits per heavy atom. The third kappa shape index (κ3) is 3.17. The van der Waals surface area contributed by atoms with Gasteiger partial charge in [0.2, 0.25) is 0 Å². The van der Waals surface area contributed by atoms with Crippen LogP contribution >= 0.6 is 11.8 Å². The number of ether oxygens (including phenoxy) is 1. The fourth-order valence-electron chi connectivity index (χ4n) is 2.66. The molecule has 0 saturated heterocycles. The fourth-order valence-corrected chi connectivity index (χ4v) is 3.80. The highest BCUT2D eigenvalue weighted by molar-refractivity contribution is 7.99. The number of benzene rings is 2. The van der Waals surface area contributed by atoms with Crippen molar-refractivity contribution in [2.24, 2.45) is 0 Å². The SMILES string of the molecule is CCOC(=O)C(C)c1ccc2c(c1)Sc1ccccc1CC2=O. The number of carbonyl (C=O) groups is 2. The van der Waals surface area contributed by atoms with E-state index < -0.39 is 0 Å². The van der Waals surface area contributed by atoms with Gasteiger partial charge in [-0.05, 0) is 43.2 Å². The molecule has 0 saturated carbocycles. The standard InChI is InChI=1S/C19H18O3S/c1-3-22-19(21)12(2)13-8-9-15-16(20)10-14-6-4-5-7-17(14)23-18(15)11-13/h4-9,11-12H,3,10H2,1-2H3. The molecule has 1 aliphatic heterocycles. The number of hydrogen-bond acceptors (Lipinski definition) is 4. The molecule has 0 aliphatic carbocycles. The highest BCUT2D eigenvalue weighted by Gasteiger charge is 2.23. The second-order valence-corrected chi connectivity index (χ2v) is 6.62. The highest BCUT2D eigenvalue weighted by atomic mass is 32.2. The highest BCUT2D eigenvalue weighted by Crippen LogP contribution is 2.38. The average Bonchev–Trinajstić information content (AvgIpc) is 2.69. The van der Waals surface area contributed by atoms with E-state index in [1.165, 1.54) is 0 Å². The Hall–Kier alpha value is -2.07. The molecule has 0 amide bonds. The van der Waals surface area contributed by atoms with Gasteiger partial charge in [-0.2, -0.15) is 0 Å². The van der Waals surface area contributed by atoms with Crippen molar-refractivity contribution < 1.29 is 14.3 Å². The lowest BCUT2D eigenvalue weighted by Crippen LogP contribution is -2.13. The van der Waals surface area contributed by atoms with E-state index in [1.807, 2.05) is 49.4 Å². The van der Waals surface area contributed by atoms with E-state index in [0.29, 0.717) is 13.0 Å². The van der Waals surface area contributed by atoms with Crippen LogP contribution in [0.15, 0.2) is 52.3 Å². The van der Waals surface area contributed by atoms with Crippen molar-refractivity contribution in [3.8, 4) is 0 Å². The third-order valence-electron chi connectivity index (χ3n) is 3.99. The number of esters is 1. The molecule has 1 atom stereocenters. The predicted molar refractivity (Wildman–Crippen MR) is 90.1 cm³/mol. The van der Waals surface area contributed by atoms with E-state index in [9.17, 15) is 9.59 Å². The van der Waals surface area contributed by atoms with Crippen molar-refractivity contribution in [2.45, 2.75) is 36.0 Å². The maximum absolute atomic E-state index is 12.5. The first kappa shape index (κ1) is 15.8. The summed E-state index contributed by atoms with van der Waals surface area (Å²) in [6.07, 6.45) is 0.420. The Morgan fingerprint density at radius 1 is 1.22 bits per heavy atom. The minimum atomic E-state index is -0.338.